The number of piperidine rings is 1. The van der Waals surface area contributed by atoms with Crippen LogP contribution in [0.5, 0.6) is 0 Å². The maximum Gasteiger partial charge on any atom is 0.186 e. The molecule has 3 nitrogen and oxygen atoms in total. The van der Waals surface area contributed by atoms with E-state index in [0.717, 1.165) is 19.5 Å². The molecule has 1 aromatic rings. The Kier molecular flexibility index (Phi) is 6.30. The Morgan fingerprint density at radius 2 is 2.15 bits per heavy atom. The Morgan fingerprint density at radius 1 is 1.30 bits per heavy atom. The largest absolute Gasteiger partial charge is 0.345 e. The first-order valence-electron chi connectivity index (χ1n) is 8.22. The van der Waals surface area contributed by atoms with Crippen molar-refractivity contribution in [2.24, 2.45) is 0 Å². The van der Waals surface area contributed by atoms with Crippen LogP contribution in [0.3, 0.4) is 0 Å². The first-order chi connectivity index (χ1) is 9.76. The molecule has 0 spiro atoms. The van der Waals surface area contributed by atoms with Gasteiger partial charge in [-0.1, -0.05) is 20.3 Å². The number of aromatic nitrogens is 1. The molecule has 0 amide bonds. The quantitative estimate of drug-likeness (QED) is 0.771. The van der Waals surface area contributed by atoms with E-state index in [0.29, 0.717) is 6.04 Å². The van der Waals surface area contributed by atoms with E-state index in [1.807, 2.05) is 11.3 Å². The van der Waals surface area contributed by atoms with Gasteiger partial charge in [0.1, 0.15) is 0 Å². The molecule has 0 aromatic carbocycles. The van der Waals surface area contributed by atoms with E-state index in [9.17, 15) is 0 Å². The zero-order chi connectivity index (χ0) is 14.4. The molecule has 1 aliphatic heterocycles. The highest BCUT2D eigenvalue weighted by Gasteiger charge is 2.22. The third-order valence-corrected chi connectivity index (χ3v) is 5.15. The van der Waals surface area contributed by atoms with Crippen molar-refractivity contribution >= 4 is 16.5 Å². The zero-order valence-corrected chi connectivity index (χ0v) is 14.1. The van der Waals surface area contributed by atoms with E-state index in [-0.39, 0.29) is 0 Å². The van der Waals surface area contributed by atoms with Crippen LogP contribution in [0.2, 0.25) is 0 Å². The van der Waals surface area contributed by atoms with Gasteiger partial charge in [-0.25, -0.2) is 4.98 Å². The van der Waals surface area contributed by atoms with Gasteiger partial charge in [-0.15, -0.1) is 11.3 Å². The third-order valence-electron chi connectivity index (χ3n) is 4.01. The van der Waals surface area contributed by atoms with Crippen LogP contribution in [0.25, 0.3) is 0 Å². The van der Waals surface area contributed by atoms with Crippen molar-refractivity contribution < 1.29 is 0 Å². The number of thiazole rings is 1. The molecule has 1 saturated heterocycles. The first-order valence-corrected chi connectivity index (χ1v) is 9.03. The van der Waals surface area contributed by atoms with E-state index in [4.69, 9.17) is 4.98 Å². The van der Waals surface area contributed by atoms with Gasteiger partial charge in [-0.05, 0) is 45.6 Å². The third kappa shape index (κ3) is 3.95. The van der Waals surface area contributed by atoms with E-state index in [1.54, 1.807) is 0 Å². The molecule has 1 atom stereocenters. The number of nitrogens with zero attached hydrogens (tertiary/aromatic N) is 2. The summed E-state index contributed by atoms with van der Waals surface area (Å²) in [6, 6.07) is 0.654. The SMILES string of the molecule is CCCNCc1sc(N2CCCCC2C)nc1CCC. The smallest absolute Gasteiger partial charge is 0.186 e. The zero-order valence-electron chi connectivity index (χ0n) is 13.2. The average Bonchev–Trinajstić information content (AvgIpc) is 2.83. The Labute approximate surface area is 127 Å². The maximum absolute atomic E-state index is 4.96. The van der Waals surface area contributed by atoms with Gasteiger partial charge in [-0.2, -0.15) is 0 Å². The van der Waals surface area contributed by atoms with Gasteiger partial charge in [0, 0.05) is 24.0 Å². The summed E-state index contributed by atoms with van der Waals surface area (Å²) < 4.78 is 0. The minimum absolute atomic E-state index is 0.654. The van der Waals surface area contributed by atoms with Crippen LogP contribution in [0.1, 0.15) is 63.4 Å². The van der Waals surface area contributed by atoms with Crippen LogP contribution in [0.15, 0.2) is 0 Å². The number of anilines is 1. The summed E-state index contributed by atoms with van der Waals surface area (Å²) in [7, 11) is 0. The van der Waals surface area contributed by atoms with Crippen molar-refractivity contribution in [2.75, 3.05) is 18.0 Å². The van der Waals surface area contributed by atoms with E-state index in [2.05, 4.69) is 31.0 Å². The molecule has 20 heavy (non-hydrogen) atoms. The summed E-state index contributed by atoms with van der Waals surface area (Å²) in [6.07, 6.45) is 7.48. The van der Waals surface area contributed by atoms with Crippen LogP contribution < -0.4 is 10.2 Å². The van der Waals surface area contributed by atoms with Crippen molar-refractivity contribution in [3.8, 4) is 0 Å². The maximum atomic E-state index is 4.96. The fourth-order valence-corrected chi connectivity index (χ4v) is 4.03. The molecule has 114 valence electrons. The van der Waals surface area contributed by atoms with Gasteiger partial charge in [0.05, 0.1) is 5.69 Å². The Bertz CT molecular complexity index is 402. The number of nitrogens with one attached hydrogen (secondary N) is 1. The summed E-state index contributed by atoms with van der Waals surface area (Å²) in [5.41, 5.74) is 1.33. The molecule has 1 aliphatic rings. The second-order valence-electron chi connectivity index (χ2n) is 5.83. The molecule has 2 heterocycles. The molecule has 0 saturated carbocycles. The second-order valence-corrected chi connectivity index (χ2v) is 6.89. The van der Waals surface area contributed by atoms with Gasteiger partial charge >= 0.3 is 0 Å². The Balaban J connectivity index is 2.10. The van der Waals surface area contributed by atoms with Crippen molar-refractivity contribution in [2.45, 2.75) is 71.9 Å². The lowest BCUT2D eigenvalue weighted by molar-refractivity contribution is 0.484. The second kappa shape index (κ2) is 7.99. The molecular weight excluding hydrogens is 266 g/mol. The topological polar surface area (TPSA) is 28.2 Å². The Morgan fingerprint density at radius 3 is 2.85 bits per heavy atom. The molecule has 0 aliphatic carbocycles. The lowest BCUT2D eigenvalue weighted by Crippen LogP contribution is -2.37. The predicted octanol–water partition coefficient (Wildman–Crippen LogP) is 3.97. The summed E-state index contributed by atoms with van der Waals surface area (Å²) >= 11 is 1.91. The van der Waals surface area contributed by atoms with Crippen LogP contribution in [0.4, 0.5) is 5.13 Å². The van der Waals surface area contributed by atoms with Gasteiger partial charge < -0.3 is 10.2 Å². The fraction of sp³-hybridized carbons (Fsp3) is 0.812. The summed E-state index contributed by atoms with van der Waals surface area (Å²) in [5, 5.41) is 4.79. The minimum Gasteiger partial charge on any atom is -0.345 e. The fourth-order valence-electron chi connectivity index (χ4n) is 2.82. The molecular formula is C16H29N3S. The average molecular weight is 295 g/mol. The van der Waals surface area contributed by atoms with Crippen molar-refractivity contribution in [1.82, 2.24) is 10.3 Å². The Hall–Kier alpha value is -0.610. The first kappa shape index (κ1) is 15.8. The number of hydrogen-bond acceptors (Lipinski definition) is 4. The van der Waals surface area contributed by atoms with E-state index < -0.39 is 0 Å². The predicted molar refractivity (Wildman–Crippen MR) is 88.8 cm³/mol. The normalized spacial score (nSPS) is 19.6. The van der Waals surface area contributed by atoms with Crippen molar-refractivity contribution in [3.63, 3.8) is 0 Å². The minimum atomic E-state index is 0.654. The molecule has 1 fully saturated rings. The number of hydrogen-bond donors (Lipinski definition) is 1. The molecule has 4 heteroatoms. The van der Waals surface area contributed by atoms with Crippen LogP contribution in [-0.2, 0) is 13.0 Å². The molecule has 2 rings (SSSR count). The van der Waals surface area contributed by atoms with Gasteiger partial charge in [0.15, 0.2) is 5.13 Å². The van der Waals surface area contributed by atoms with Gasteiger partial charge in [0.25, 0.3) is 0 Å². The van der Waals surface area contributed by atoms with E-state index >= 15 is 0 Å². The van der Waals surface area contributed by atoms with Crippen LogP contribution in [0, 0.1) is 0 Å². The van der Waals surface area contributed by atoms with Gasteiger partial charge in [0.2, 0.25) is 0 Å². The molecule has 1 N–H and O–H groups in total. The molecule has 0 bridgehead atoms. The monoisotopic (exact) mass is 295 g/mol. The highest BCUT2D eigenvalue weighted by molar-refractivity contribution is 7.15. The van der Waals surface area contributed by atoms with Crippen molar-refractivity contribution in [3.05, 3.63) is 10.6 Å². The standard InChI is InChI=1S/C16H29N3S/c1-4-8-14-15(12-17-10-5-2)20-16(18-14)19-11-7-6-9-13(19)3/h13,17H,4-12H2,1-3H3. The summed E-state index contributed by atoms with van der Waals surface area (Å²) in [5.74, 6) is 0. The van der Waals surface area contributed by atoms with Crippen LogP contribution in [-0.4, -0.2) is 24.1 Å². The number of aryl methyl sites for hydroxylation is 1. The van der Waals surface area contributed by atoms with Gasteiger partial charge in [-0.3, -0.25) is 0 Å². The summed E-state index contributed by atoms with van der Waals surface area (Å²) in [6.45, 7) is 10.1. The molecule has 1 unspecified atom stereocenters. The lowest BCUT2D eigenvalue weighted by Gasteiger charge is -2.33. The molecule has 0 radical (unpaired) electrons. The highest BCUT2D eigenvalue weighted by Crippen LogP contribution is 2.31. The lowest BCUT2D eigenvalue weighted by atomic mass is 10.0. The summed E-state index contributed by atoms with van der Waals surface area (Å²) in [4.78, 5) is 8.93. The number of rotatable bonds is 7. The highest BCUT2D eigenvalue weighted by atomic mass is 32.1. The van der Waals surface area contributed by atoms with E-state index in [1.165, 1.54) is 54.4 Å². The van der Waals surface area contributed by atoms with Crippen molar-refractivity contribution in [1.29, 1.82) is 0 Å². The molecule has 1 aromatic heterocycles. The van der Waals surface area contributed by atoms with Crippen LogP contribution >= 0.6 is 11.3 Å².